The van der Waals surface area contributed by atoms with Crippen LogP contribution in [0.25, 0.3) is 0 Å². The number of nitrogens with two attached hydrogens (primary N) is 1. The molecule has 0 radical (unpaired) electrons. The van der Waals surface area contributed by atoms with Gasteiger partial charge in [0.05, 0.1) is 11.7 Å². The van der Waals surface area contributed by atoms with Crippen molar-refractivity contribution in [3.05, 3.63) is 0 Å². The van der Waals surface area contributed by atoms with Gasteiger partial charge in [0.2, 0.25) is 0 Å². The van der Waals surface area contributed by atoms with Gasteiger partial charge >= 0.3 is 7.12 Å². The molecule has 3 nitrogen and oxygen atoms in total. The first-order valence-electron chi connectivity index (χ1n) is 6.44. The molecular formula is C12H22BNO2. The summed E-state index contributed by atoms with van der Waals surface area (Å²) in [4.78, 5) is 0. The molecule has 2 N–H and O–H groups in total. The van der Waals surface area contributed by atoms with E-state index in [1.54, 1.807) is 0 Å². The van der Waals surface area contributed by atoms with Crippen molar-refractivity contribution in [2.24, 2.45) is 23.0 Å². The molecule has 1 aliphatic heterocycles. The van der Waals surface area contributed by atoms with Crippen molar-refractivity contribution in [2.45, 2.75) is 58.2 Å². The Balaban J connectivity index is 1.87. The highest BCUT2D eigenvalue weighted by atomic mass is 16.7. The molecule has 16 heavy (non-hydrogen) atoms. The monoisotopic (exact) mass is 223 g/mol. The Morgan fingerprint density at radius 2 is 2.00 bits per heavy atom. The van der Waals surface area contributed by atoms with Gasteiger partial charge in [0.15, 0.2) is 0 Å². The van der Waals surface area contributed by atoms with Crippen LogP contribution < -0.4 is 5.73 Å². The summed E-state index contributed by atoms with van der Waals surface area (Å²) in [5.74, 6) is 1.40. The third-order valence-corrected chi connectivity index (χ3v) is 5.40. The zero-order chi connectivity index (χ0) is 11.7. The SMILES string of the molecule is CC(N)B1O[C@@H]2C[C@@H]3C[C@@H](C3(C)C)[C@]2(C)O1. The Hall–Kier alpha value is -0.0551. The van der Waals surface area contributed by atoms with Gasteiger partial charge in [-0.15, -0.1) is 0 Å². The third kappa shape index (κ3) is 1.16. The van der Waals surface area contributed by atoms with E-state index in [0.29, 0.717) is 11.3 Å². The van der Waals surface area contributed by atoms with Crippen molar-refractivity contribution < 1.29 is 9.31 Å². The van der Waals surface area contributed by atoms with Crippen LogP contribution in [0.3, 0.4) is 0 Å². The molecule has 3 saturated carbocycles. The standard InChI is InChI=1S/C12H22BNO2/c1-7(14)13-15-10-6-8-5-9(11(8,2)3)12(10,4)16-13/h7-10H,5-6,14H2,1-4H3/t7?,8-,9-,10+,12-/m0/s1. The summed E-state index contributed by atoms with van der Waals surface area (Å²) in [5.41, 5.74) is 6.20. The van der Waals surface area contributed by atoms with Crippen LogP contribution in [0, 0.1) is 17.3 Å². The quantitative estimate of drug-likeness (QED) is 0.686. The highest BCUT2D eigenvalue weighted by Gasteiger charge is 2.68. The Labute approximate surface area is 98.2 Å². The van der Waals surface area contributed by atoms with Gasteiger partial charge < -0.3 is 15.0 Å². The maximum atomic E-state index is 6.15. The van der Waals surface area contributed by atoms with Gasteiger partial charge in [-0.05, 0) is 37.0 Å². The zero-order valence-corrected chi connectivity index (χ0v) is 10.7. The fourth-order valence-electron chi connectivity index (χ4n) is 4.13. The lowest BCUT2D eigenvalue weighted by Crippen LogP contribution is -2.65. The van der Waals surface area contributed by atoms with Gasteiger partial charge in [0.1, 0.15) is 0 Å². The van der Waals surface area contributed by atoms with E-state index in [1.807, 2.05) is 6.92 Å². The Kier molecular flexibility index (Phi) is 2.10. The van der Waals surface area contributed by atoms with E-state index < -0.39 is 0 Å². The van der Waals surface area contributed by atoms with Gasteiger partial charge in [-0.1, -0.05) is 20.8 Å². The Bertz CT molecular complexity index is 320. The molecule has 1 unspecified atom stereocenters. The molecule has 0 aromatic carbocycles. The lowest BCUT2D eigenvalue weighted by atomic mass is 9.43. The maximum absolute atomic E-state index is 6.15. The van der Waals surface area contributed by atoms with E-state index in [0.717, 1.165) is 12.3 Å². The average molecular weight is 223 g/mol. The predicted octanol–water partition coefficient (Wildman–Crippen LogP) is 1.60. The molecule has 0 amide bonds. The minimum Gasteiger partial charge on any atom is -0.404 e. The molecular weight excluding hydrogens is 201 g/mol. The second-order valence-corrected chi connectivity index (χ2v) is 6.70. The highest BCUT2D eigenvalue weighted by molar-refractivity contribution is 6.47. The molecule has 1 heterocycles. The lowest BCUT2D eigenvalue weighted by molar-refractivity contribution is -0.199. The number of hydrogen-bond donors (Lipinski definition) is 1. The summed E-state index contributed by atoms with van der Waals surface area (Å²) in [7, 11) is -0.204. The first kappa shape index (κ1) is 11.1. The molecule has 4 rings (SSSR count). The molecule has 4 fully saturated rings. The van der Waals surface area contributed by atoms with Crippen LogP contribution in [0.5, 0.6) is 0 Å². The van der Waals surface area contributed by atoms with E-state index in [1.165, 1.54) is 6.42 Å². The van der Waals surface area contributed by atoms with Crippen molar-refractivity contribution in [3.8, 4) is 0 Å². The summed E-state index contributed by atoms with van der Waals surface area (Å²) >= 11 is 0. The van der Waals surface area contributed by atoms with Crippen molar-refractivity contribution in [2.75, 3.05) is 0 Å². The Morgan fingerprint density at radius 3 is 2.56 bits per heavy atom. The maximum Gasteiger partial charge on any atom is 0.475 e. The van der Waals surface area contributed by atoms with Crippen molar-refractivity contribution >= 4 is 7.12 Å². The van der Waals surface area contributed by atoms with Crippen molar-refractivity contribution in [1.29, 1.82) is 0 Å². The first-order chi connectivity index (χ1) is 7.35. The molecule has 90 valence electrons. The molecule has 2 bridgehead atoms. The molecule has 4 heteroatoms. The fraction of sp³-hybridized carbons (Fsp3) is 1.00. The summed E-state index contributed by atoms with van der Waals surface area (Å²) < 4.78 is 12.1. The molecule has 0 aromatic rings. The van der Waals surface area contributed by atoms with Crippen LogP contribution in [-0.2, 0) is 9.31 Å². The van der Waals surface area contributed by atoms with E-state index in [4.69, 9.17) is 15.0 Å². The van der Waals surface area contributed by atoms with Crippen LogP contribution in [0.4, 0.5) is 0 Å². The van der Waals surface area contributed by atoms with E-state index in [-0.39, 0.29) is 24.8 Å². The normalized spacial score (nSPS) is 50.8. The van der Waals surface area contributed by atoms with Crippen LogP contribution in [0.15, 0.2) is 0 Å². The summed E-state index contributed by atoms with van der Waals surface area (Å²) in [5, 5.41) is 0. The average Bonchev–Trinajstić information content (AvgIpc) is 2.54. The van der Waals surface area contributed by atoms with Gasteiger partial charge in [-0.2, -0.15) is 0 Å². The van der Waals surface area contributed by atoms with E-state index in [2.05, 4.69) is 20.8 Å². The van der Waals surface area contributed by atoms with Gasteiger partial charge in [0, 0.05) is 5.94 Å². The second kappa shape index (κ2) is 3.03. The smallest absolute Gasteiger partial charge is 0.404 e. The summed E-state index contributed by atoms with van der Waals surface area (Å²) in [6.07, 6.45) is 2.71. The number of rotatable bonds is 1. The highest BCUT2D eigenvalue weighted by Crippen LogP contribution is 2.65. The van der Waals surface area contributed by atoms with Crippen LogP contribution in [-0.4, -0.2) is 24.8 Å². The first-order valence-corrected chi connectivity index (χ1v) is 6.44. The predicted molar refractivity (Wildman–Crippen MR) is 63.8 cm³/mol. The fourth-order valence-corrected chi connectivity index (χ4v) is 4.13. The molecule has 5 atom stereocenters. The van der Waals surface area contributed by atoms with Crippen molar-refractivity contribution in [1.82, 2.24) is 0 Å². The largest absolute Gasteiger partial charge is 0.475 e. The minimum atomic E-state index is -0.204. The van der Waals surface area contributed by atoms with E-state index >= 15 is 0 Å². The molecule has 4 aliphatic rings. The van der Waals surface area contributed by atoms with Crippen molar-refractivity contribution in [3.63, 3.8) is 0 Å². The van der Waals surface area contributed by atoms with Crippen LogP contribution >= 0.6 is 0 Å². The number of hydrogen-bond acceptors (Lipinski definition) is 3. The second-order valence-electron chi connectivity index (χ2n) is 6.70. The van der Waals surface area contributed by atoms with Gasteiger partial charge in [0.25, 0.3) is 0 Å². The molecule has 0 aromatic heterocycles. The summed E-state index contributed by atoms with van der Waals surface area (Å²) in [6, 6.07) is 0. The van der Waals surface area contributed by atoms with Crippen LogP contribution in [0.1, 0.15) is 40.5 Å². The topological polar surface area (TPSA) is 44.5 Å². The molecule has 3 aliphatic carbocycles. The van der Waals surface area contributed by atoms with Crippen LogP contribution in [0.2, 0.25) is 0 Å². The Morgan fingerprint density at radius 1 is 1.31 bits per heavy atom. The zero-order valence-electron chi connectivity index (χ0n) is 10.7. The molecule has 1 saturated heterocycles. The van der Waals surface area contributed by atoms with E-state index in [9.17, 15) is 0 Å². The molecule has 0 spiro atoms. The lowest BCUT2D eigenvalue weighted by Gasteiger charge is -2.64. The summed E-state index contributed by atoms with van der Waals surface area (Å²) in [6.45, 7) is 8.93. The minimum absolute atomic E-state index is 0.0391. The van der Waals surface area contributed by atoms with Gasteiger partial charge in [-0.25, -0.2) is 0 Å². The third-order valence-electron chi connectivity index (χ3n) is 5.40. The van der Waals surface area contributed by atoms with Gasteiger partial charge in [-0.3, -0.25) is 0 Å².